The molecule has 0 amide bonds. The SMILES string of the molecule is CNc1nc(N(C)CCS(C)(=O)=O)nc(-n2cncn2)n1. The van der Waals surface area contributed by atoms with Gasteiger partial charge in [-0.15, -0.1) is 0 Å². The number of anilines is 2. The van der Waals surface area contributed by atoms with Crippen molar-refractivity contribution in [2.75, 3.05) is 42.9 Å². The van der Waals surface area contributed by atoms with E-state index in [1.807, 2.05) is 0 Å². The molecule has 1 N–H and O–H groups in total. The van der Waals surface area contributed by atoms with Crippen molar-refractivity contribution in [3.05, 3.63) is 12.7 Å². The second-order valence-electron chi connectivity index (χ2n) is 4.40. The molecule has 0 aromatic carbocycles. The molecule has 2 rings (SSSR count). The fraction of sp³-hybridized carbons (Fsp3) is 0.500. The van der Waals surface area contributed by atoms with Crippen LogP contribution in [0.15, 0.2) is 12.7 Å². The van der Waals surface area contributed by atoms with Crippen LogP contribution in [0.2, 0.25) is 0 Å². The highest BCUT2D eigenvalue weighted by Crippen LogP contribution is 2.11. The molecule has 0 spiro atoms. The number of nitrogens with one attached hydrogen (secondary N) is 1. The summed E-state index contributed by atoms with van der Waals surface area (Å²) in [5.41, 5.74) is 0. The topological polar surface area (TPSA) is 119 Å². The lowest BCUT2D eigenvalue weighted by atomic mass is 10.6. The van der Waals surface area contributed by atoms with E-state index in [9.17, 15) is 8.42 Å². The summed E-state index contributed by atoms with van der Waals surface area (Å²) in [6, 6.07) is 0. The fourth-order valence-corrected chi connectivity index (χ4v) is 2.06. The van der Waals surface area contributed by atoms with Crippen LogP contribution in [0.1, 0.15) is 0 Å². The molecule has 0 saturated heterocycles. The van der Waals surface area contributed by atoms with Gasteiger partial charge in [0.2, 0.25) is 11.9 Å². The van der Waals surface area contributed by atoms with Crippen LogP contribution in [0.25, 0.3) is 5.95 Å². The van der Waals surface area contributed by atoms with E-state index in [4.69, 9.17) is 0 Å². The molecule has 0 aliphatic heterocycles. The van der Waals surface area contributed by atoms with Crippen molar-refractivity contribution in [1.29, 1.82) is 0 Å². The average molecular weight is 312 g/mol. The van der Waals surface area contributed by atoms with Crippen LogP contribution in [-0.4, -0.2) is 70.8 Å². The van der Waals surface area contributed by atoms with Crippen molar-refractivity contribution in [3.8, 4) is 5.95 Å². The summed E-state index contributed by atoms with van der Waals surface area (Å²) in [4.78, 5) is 18.1. The van der Waals surface area contributed by atoms with Crippen molar-refractivity contribution >= 4 is 21.7 Å². The summed E-state index contributed by atoms with van der Waals surface area (Å²) >= 11 is 0. The zero-order chi connectivity index (χ0) is 15.5. The standard InChI is InChI=1S/C10H16N8O2S/c1-11-8-14-9(17(2)4-5-21(3,19)20)16-10(15-8)18-7-12-6-13-18/h6-7H,4-5H2,1-3H3,(H,11,14,15,16). The Morgan fingerprint density at radius 3 is 2.67 bits per heavy atom. The van der Waals surface area contributed by atoms with Gasteiger partial charge in [0.1, 0.15) is 22.5 Å². The molecule has 2 heterocycles. The molecular formula is C10H16N8O2S. The van der Waals surface area contributed by atoms with Crippen LogP contribution in [-0.2, 0) is 9.84 Å². The molecule has 21 heavy (non-hydrogen) atoms. The predicted molar refractivity (Wildman–Crippen MR) is 77.3 cm³/mol. The molecule has 0 saturated carbocycles. The third-order valence-electron chi connectivity index (χ3n) is 2.60. The summed E-state index contributed by atoms with van der Waals surface area (Å²) < 4.78 is 23.9. The summed E-state index contributed by atoms with van der Waals surface area (Å²) in [5.74, 6) is 1.02. The van der Waals surface area contributed by atoms with Crippen molar-refractivity contribution in [1.82, 2.24) is 29.7 Å². The number of rotatable bonds is 6. The van der Waals surface area contributed by atoms with E-state index >= 15 is 0 Å². The van der Waals surface area contributed by atoms with E-state index < -0.39 is 9.84 Å². The van der Waals surface area contributed by atoms with E-state index in [1.165, 1.54) is 23.6 Å². The van der Waals surface area contributed by atoms with Crippen LogP contribution >= 0.6 is 0 Å². The Hall–Kier alpha value is -2.30. The molecule has 114 valence electrons. The third kappa shape index (κ3) is 4.08. The molecule has 0 fully saturated rings. The van der Waals surface area contributed by atoms with Gasteiger partial charge < -0.3 is 10.2 Å². The maximum absolute atomic E-state index is 11.2. The maximum Gasteiger partial charge on any atom is 0.258 e. The van der Waals surface area contributed by atoms with E-state index in [1.54, 1.807) is 19.0 Å². The molecule has 0 aliphatic rings. The number of hydrogen-bond donors (Lipinski definition) is 1. The second kappa shape index (κ2) is 5.99. The first-order valence-corrected chi connectivity index (χ1v) is 8.13. The third-order valence-corrected chi connectivity index (χ3v) is 3.52. The van der Waals surface area contributed by atoms with E-state index in [0.29, 0.717) is 17.8 Å². The highest BCUT2D eigenvalue weighted by atomic mass is 32.2. The van der Waals surface area contributed by atoms with E-state index in [0.717, 1.165) is 0 Å². The first-order chi connectivity index (χ1) is 9.89. The monoisotopic (exact) mass is 312 g/mol. The summed E-state index contributed by atoms with van der Waals surface area (Å²) in [6.07, 6.45) is 4.03. The summed E-state index contributed by atoms with van der Waals surface area (Å²) in [5, 5.41) is 6.79. The molecule has 2 aromatic heterocycles. The first-order valence-electron chi connectivity index (χ1n) is 6.07. The minimum absolute atomic E-state index is 0.0166. The Morgan fingerprint density at radius 1 is 1.33 bits per heavy atom. The zero-order valence-corrected chi connectivity index (χ0v) is 12.7. The van der Waals surface area contributed by atoms with Gasteiger partial charge in [-0.25, -0.2) is 13.4 Å². The van der Waals surface area contributed by atoms with Gasteiger partial charge in [-0.05, 0) is 0 Å². The summed E-state index contributed by atoms with van der Waals surface area (Å²) in [7, 11) is 0.342. The first kappa shape index (κ1) is 15.1. The molecule has 0 radical (unpaired) electrons. The van der Waals surface area contributed by atoms with Crippen molar-refractivity contribution in [2.24, 2.45) is 0 Å². The Balaban J connectivity index is 2.28. The molecule has 0 atom stereocenters. The predicted octanol–water partition coefficient (Wildman–Crippen LogP) is -1.03. The van der Waals surface area contributed by atoms with Gasteiger partial charge >= 0.3 is 0 Å². The van der Waals surface area contributed by atoms with Crippen molar-refractivity contribution in [2.45, 2.75) is 0 Å². The quantitative estimate of drug-likeness (QED) is 0.714. The normalized spacial score (nSPS) is 11.4. The lowest BCUT2D eigenvalue weighted by Gasteiger charge is -2.17. The lowest BCUT2D eigenvalue weighted by molar-refractivity contribution is 0.600. The lowest BCUT2D eigenvalue weighted by Crippen LogP contribution is -2.27. The minimum Gasteiger partial charge on any atom is -0.357 e. The van der Waals surface area contributed by atoms with Gasteiger partial charge in [0.05, 0.1) is 5.75 Å². The Labute approximate surface area is 122 Å². The van der Waals surface area contributed by atoms with Crippen LogP contribution in [0.5, 0.6) is 0 Å². The van der Waals surface area contributed by atoms with Gasteiger partial charge in [-0.3, -0.25) is 0 Å². The zero-order valence-electron chi connectivity index (χ0n) is 11.9. The maximum atomic E-state index is 11.2. The Morgan fingerprint density at radius 2 is 2.10 bits per heavy atom. The van der Waals surface area contributed by atoms with E-state index in [2.05, 4.69) is 30.4 Å². The van der Waals surface area contributed by atoms with Gasteiger partial charge in [0, 0.05) is 26.9 Å². The molecule has 0 unspecified atom stereocenters. The molecule has 10 nitrogen and oxygen atoms in total. The Kier molecular flexibility index (Phi) is 4.31. The average Bonchev–Trinajstić information content (AvgIpc) is 2.97. The number of aromatic nitrogens is 6. The molecule has 2 aromatic rings. The largest absolute Gasteiger partial charge is 0.357 e. The highest BCUT2D eigenvalue weighted by Gasteiger charge is 2.13. The smallest absolute Gasteiger partial charge is 0.258 e. The minimum atomic E-state index is -3.05. The van der Waals surface area contributed by atoms with Crippen LogP contribution in [0.3, 0.4) is 0 Å². The van der Waals surface area contributed by atoms with Gasteiger partial charge in [-0.1, -0.05) is 0 Å². The molecular weight excluding hydrogens is 296 g/mol. The number of hydrogen-bond acceptors (Lipinski definition) is 9. The van der Waals surface area contributed by atoms with Gasteiger partial charge in [0.25, 0.3) is 5.95 Å². The fourth-order valence-electron chi connectivity index (χ4n) is 1.45. The number of nitrogens with zero attached hydrogens (tertiary/aromatic N) is 7. The molecule has 0 bridgehead atoms. The molecule has 11 heteroatoms. The van der Waals surface area contributed by atoms with E-state index in [-0.39, 0.29) is 12.3 Å². The van der Waals surface area contributed by atoms with Crippen molar-refractivity contribution < 1.29 is 8.42 Å². The van der Waals surface area contributed by atoms with Crippen molar-refractivity contribution in [3.63, 3.8) is 0 Å². The van der Waals surface area contributed by atoms with Gasteiger partial charge in [0.15, 0.2) is 0 Å². The number of sulfone groups is 1. The van der Waals surface area contributed by atoms with Crippen LogP contribution < -0.4 is 10.2 Å². The highest BCUT2D eigenvalue weighted by molar-refractivity contribution is 7.90. The van der Waals surface area contributed by atoms with Gasteiger partial charge in [-0.2, -0.15) is 24.7 Å². The summed E-state index contributed by atoms with van der Waals surface area (Å²) in [6.45, 7) is 0.281. The Bertz CT molecular complexity index is 700. The second-order valence-corrected chi connectivity index (χ2v) is 6.66. The van der Waals surface area contributed by atoms with Crippen LogP contribution in [0.4, 0.5) is 11.9 Å². The van der Waals surface area contributed by atoms with Crippen LogP contribution in [0, 0.1) is 0 Å². The molecule has 0 aliphatic carbocycles.